The number of aromatic carboxylic acids is 1. The van der Waals surface area contributed by atoms with E-state index in [1.165, 1.54) is 0 Å². The lowest BCUT2D eigenvalue weighted by atomic mass is 10.0. The molecule has 0 radical (unpaired) electrons. The fourth-order valence-electron chi connectivity index (χ4n) is 1.63. The van der Waals surface area contributed by atoms with Crippen LogP contribution in [0, 0.1) is 6.92 Å². The Morgan fingerprint density at radius 2 is 1.87 bits per heavy atom. The van der Waals surface area contributed by atoms with Crippen molar-refractivity contribution in [3.05, 3.63) is 47.5 Å². The van der Waals surface area contributed by atoms with E-state index in [0.29, 0.717) is 5.56 Å². The molecule has 0 atom stereocenters. The molecule has 0 aromatic heterocycles. The van der Waals surface area contributed by atoms with Crippen LogP contribution in [0.3, 0.4) is 0 Å². The highest BCUT2D eigenvalue weighted by Crippen LogP contribution is 2.20. The van der Waals surface area contributed by atoms with Gasteiger partial charge in [-0.3, -0.25) is 0 Å². The van der Waals surface area contributed by atoms with Crippen LogP contribution in [0.4, 0.5) is 0 Å². The minimum Gasteiger partial charge on any atom is -0.478 e. The molecule has 15 heavy (non-hydrogen) atoms. The van der Waals surface area contributed by atoms with Crippen molar-refractivity contribution in [2.24, 2.45) is 0 Å². The maximum atomic E-state index is 10.8. The third-order valence-corrected chi connectivity index (χ3v) is 2.32. The summed E-state index contributed by atoms with van der Waals surface area (Å²) in [4.78, 5) is 10.8. The van der Waals surface area contributed by atoms with Crippen LogP contribution in [-0.4, -0.2) is 28.4 Å². The Labute approximate surface area is 98.7 Å². The van der Waals surface area contributed by atoms with Crippen LogP contribution in [0.1, 0.15) is 15.9 Å². The lowest BCUT2D eigenvalue weighted by molar-refractivity contribution is 0.0697. The van der Waals surface area contributed by atoms with Crippen molar-refractivity contribution in [2.45, 2.75) is 6.92 Å². The average molecular weight is 216 g/mol. The maximum absolute atomic E-state index is 10.8. The Balaban J connectivity index is 0.00000112. The summed E-state index contributed by atoms with van der Waals surface area (Å²) in [5.41, 5.74) is 1.35. The quantitative estimate of drug-likeness (QED) is 0.736. The normalized spacial score (nSPS) is 9.67. The smallest absolute Gasteiger partial charge is 0.335 e. The molecule has 0 fully saturated rings. The Morgan fingerprint density at radius 3 is 2.53 bits per heavy atom. The van der Waals surface area contributed by atoms with Crippen LogP contribution in [-0.2, 0) is 0 Å². The molecule has 0 aliphatic carbocycles. The van der Waals surface area contributed by atoms with E-state index in [9.17, 15) is 4.79 Å². The monoisotopic (exact) mass is 216 g/mol. The van der Waals surface area contributed by atoms with Crippen LogP contribution < -0.4 is 0 Å². The van der Waals surface area contributed by atoms with Crippen LogP contribution >= 0.6 is 0 Å². The van der Waals surface area contributed by atoms with Crippen molar-refractivity contribution in [3.8, 4) is 0 Å². The number of carbonyl (C=O) groups is 1. The van der Waals surface area contributed by atoms with Gasteiger partial charge in [-0.2, -0.15) is 0 Å². The predicted octanol–water partition coefficient (Wildman–Crippen LogP) is 1.66. The first-order valence-electron chi connectivity index (χ1n) is 4.41. The molecule has 0 bridgehead atoms. The molecule has 3 heteroatoms. The third kappa shape index (κ3) is 2.20. The number of carboxylic acid groups (broad SMARTS) is 1. The van der Waals surface area contributed by atoms with Crippen molar-refractivity contribution < 1.29 is 9.90 Å². The van der Waals surface area contributed by atoms with Crippen molar-refractivity contribution in [1.82, 2.24) is 0 Å². The van der Waals surface area contributed by atoms with Gasteiger partial charge in [-0.25, -0.2) is 4.79 Å². The number of aryl methyl sites for hydroxylation is 1. The molecular formula is C12H13AlO2. The first-order valence-corrected chi connectivity index (χ1v) is 4.41. The fourth-order valence-corrected chi connectivity index (χ4v) is 1.63. The van der Waals surface area contributed by atoms with E-state index in [4.69, 9.17) is 5.11 Å². The van der Waals surface area contributed by atoms with Crippen molar-refractivity contribution in [1.29, 1.82) is 0 Å². The van der Waals surface area contributed by atoms with Crippen LogP contribution in [0.5, 0.6) is 0 Å². The second-order valence-electron chi connectivity index (χ2n) is 3.32. The second-order valence-corrected chi connectivity index (χ2v) is 3.32. The summed E-state index contributed by atoms with van der Waals surface area (Å²) < 4.78 is 0. The van der Waals surface area contributed by atoms with E-state index in [0.717, 1.165) is 16.3 Å². The van der Waals surface area contributed by atoms with E-state index in [2.05, 4.69) is 0 Å². The summed E-state index contributed by atoms with van der Waals surface area (Å²) in [6.07, 6.45) is 0. The highest BCUT2D eigenvalue weighted by atomic mass is 27.0. The number of carboxylic acids is 1. The molecule has 0 saturated heterocycles. The molecule has 0 aliphatic rings. The van der Waals surface area contributed by atoms with Gasteiger partial charge in [0, 0.05) is 0 Å². The van der Waals surface area contributed by atoms with E-state index in [-0.39, 0.29) is 17.4 Å². The lowest BCUT2D eigenvalue weighted by Crippen LogP contribution is -1.96. The van der Waals surface area contributed by atoms with Gasteiger partial charge in [0.15, 0.2) is 17.4 Å². The molecule has 76 valence electrons. The first-order chi connectivity index (χ1) is 6.68. The first kappa shape index (κ1) is 11.8. The van der Waals surface area contributed by atoms with Gasteiger partial charge in [0.1, 0.15) is 0 Å². The van der Waals surface area contributed by atoms with Crippen LogP contribution in [0.15, 0.2) is 36.4 Å². The van der Waals surface area contributed by atoms with Crippen LogP contribution in [0.25, 0.3) is 10.8 Å². The zero-order chi connectivity index (χ0) is 10.1. The molecule has 0 amide bonds. The molecule has 2 aromatic rings. The van der Waals surface area contributed by atoms with Gasteiger partial charge < -0.3 is 5.11 Å². The SMILES string of the molecule is Cc1cc(C(=O)O)cc2ccccc12.[AlH3]. The zero-order valence-corrected chi connectivity index (χ0v) is 7.82. The highest BCUT2D eigenvalue weighted by Gasteiger charge is 2.05. The molecule has 0 spiro atoms. The second kappa shape index (κ2) is 4.48. The molecule has 0 heterocycles. The van der Waals surface area contributed by atoms with Gasteiger partial charge in [0.25, 0.3) is 0 Å². The Kier molecular flexibility index (Phi) is 3.52. The van der Waals surface area contributed by atoms with Gasteiger partial charge >= 0.3 is 5.97 Å². The highest BCUT2D eigenvalue weighted by molar-refractivity contribution is 5.95. The zero-order valence-electron chi connectivity index (χ0n) is 7.82. The standard InChI is InChI=1S/C12H10O2.Al.3H/c1-8-6-10(12(13)14)7-9-4-2-3-5-11(8)9;;;;/h2-7H,1H3,(H,13,14);;;;. The van der Waals surface area contributed by atoms with Gasteiger partial charge in [-0.1, -0.05) is 24.3 Å². The van der Waals surface area contributed by atoms with E-state index in [1.54, 1.807) is 12.1 Å². The van der Waals surface area contributed by atoms with Gasteiger partial charge in [0.05, 0.1) is 5.56 Å². The molecule has 0 aliphatic heterocycles. The summed E-state index contributed by atoms with van der Waals surface area (Å²) in [6, 6.07) is 11.2. The molecule has 1 N–H and O–H groups in total. The van der Waals surface area contributed by atoms with E-state index in [1.807, 2.05) is 31.2 Å². The Bertz CT molecular complexity index is 506. The molecular weight excluding hydrogens is 203 g/mol. The van der Waals surface area contributed by atoms with Gasteiger partial charge in [-0.15, -0.1) is 0 Å². The van der Waals surface area contributed by atoms with Gasteiger partial charge in [-0.05, 0) is 35.4 Å². The molecule has 2 rings (SSSR count). The fraction of sp³-hybridized carbons (Fsp3) is 0.0833. The predicted molar refractivity (Wildman–Crippen MR) is 65.6 cm³/mol. The number of rotatable bonds is 1. The summed E-state index contributed by atoms with van der Waals surface area (Å²) >= 11 is 0. The summed E-state index contributed by atoms with van der Waals surface area (Å²) in [7, 11) is 0. The number of benzene rings is 2. The van der Waals surface area contributed by atoms with Crippen molar-refractivity contribution in [2.75, 3.05) is 0 Å². The van der Waals surface area contributed by atoms with Crippen molar-refractivity contribution >= 4 is 34.1 Å². The number of hydrogen-bond donors (Lipinski definition) is 1. The Hall–Kier alpha value is -1.30. The number of hydrogen-bond acceptors (Lipinski definition) is 1. The maximum Gasteiger partial charge on any atom is 0.335 e. The molecule has 2 nitrogen and oxygen atoms in total. The van der Waals surface area contributed by atoms with E-state index >= 15 is 0 Å². The summed E-state index contributed by atoms with van der Waals surface area (Å²) in [5, 5.41) is 11.0. The average Bonchev–Trinajstić information content (AvgIpc) is 2.17. The minimum absolute atomic E-state index is 0. The summed E-state index contributed by atoms with van der Waals surface area (Å²) in [6.45, 7) is 1.93. The summed E-state index contributed by atoms with van der Waals surface area (Å²) in [5.74, 6) is -0.876. The van der Waals surface area contributed by atoms with Crippen molar-refractivity contribution in [3.63, 3.8) is 0 Å². The third-order valence-electron chi connectivity index (χ3n) is 2.32. The molecule has 0 saturated carbocycles. The molecule has 0 unspecified atom stereocenters. The lowest BCUT2D eigenvalue weighted by Gasteiger charge is -2.03. The van der Waals surface area contributed by atoms with Crippen LogP contribution in [0.2, 0.25) is 0 Å². The molecule has 2 aromatic carbocycles. The largest absolute Gasteiger partial charge is 0.478 e. The van der Waals surface area contributed by atoms with Gasteiger partial charge in [0.2, 0.25) is 0 Å². The topological polar surface area (TPSA) is 37.3 Å². The van der Waals surface area contributed by atoms with E-state index < -0.39 is 5.97 Å². The number of fused-ring (bicyclic) bond motifs is 1. The minimum atomic E-state index is -0.876. The Morgan fingerprint density at radius 1 is 1.20 bits per heavy atom.